The Kier molecular flexibility index (Phi) is 3.72. The van der Waals surface area contributed by atoms with Gasteiger partial charge < -0.3 is 15.2 Å². The molecule has 0 aliphatic carbocycles. The second-order valence-corrected chi connectivity index (χ2v) is 5.11. The van der Waals surface area contributed by atoms with E-state index in [1.54, 1.807) is 6.21 Å². The molecule has 0 spiro atoms. The second kappa shape index (κ2) is 5.84. The standard InChI is InChI=1S/C17H15N3O3/c1-10-14(12-4-2-3-5-15(12)19-10)9-18-20-17(23)13-7-6-11(21)8-16(13)22/h2-9,19,21-22H,1H3,(H,20,23). The highest BCUT2D eigenvalue weighted by Crippen LogP contribution is 2.22. The molecule has 0 aliphatic heterocycles. The van der Waals surface area contributed by atoms with E-state index in [0.29, 0.717) is 0 Å². The Morgan fingerprint density at radius 3 is 2.78 bits per heavy atom. The average Bonchev–Trinajstić information content (AvgIpc) is 2.83. The van der Waals surface area contributed by atoms with Gasteiger partial charge >= 0.3 is 0 Å². The summed E-state index contributed by atoms with van der Waals surface area (Å²) in [6.07, 6.45) is 1.56. The Labute approximate surface area is 132 Å². The lowest BCUT2D eigenvalue weighted by Gasteiger charge is -2.03. The number of amides is 1. The van der Waals surface area contributed by atoms with Gasteiger partial charge in [0.1, 0.15) is 11.5 Å². The number of fused-ring (bicyclic) bond motifs is 1. The molecule has 1 heterocycles. The van der Waals surface area contributed by atoms with Gasteiger partial charge in [0.05, 0.1) is 11.8 Å². The summed E-state index contributed by atoms with van der Waals surface area (Å²) < 4.78 is 0. The van der Waals surface area contributed by atoms with Crippen LogP contribution in [-0.2, 0) is 0 Å². The molecule has 0 fully saturated rings. The van der Waals surface area contributed by atoms with Crippen molar-refractivity contribution in [1.82, 2.24) is 10.4 Å². The van der Waals surface area contributed by atoms with Crippen LogP contribution in [0.3, 0.4) is 0 Å². The summed E-state index contributed by atoms with van der Waals surface area (Å²) in [7, 11) is 0. The fourth-order valence-electron chi connectivity index (χ4n) is 2.39. The molecule has 1 amide bonds. The number of hydrogen-bond donors (Lipinski definition) is 4. The van der Waals surface area contributed by atoms with Crippen molar-refractivity contribution >= 4 is 23.0 Å². The second-order valence-electron chi connectivity index (χ2n) is 5.11. The van der Waals surface area contributed by atoms with Crippen molar-refractivity contribution in [2.45, 2.75) is 6.92 Å². The molecule has 1 aromatic heterocycles. The van der Waals surface area contributed by atoms with Crippen molar-refractivity contribution in [1.29, 1.82) is 0 Å². The summed E-state index contributed by atoms with van der Waals surface area (Å²) in [5.41, 5.74) is 5.22. The molecule has 0 saturated heterocycles. The van der Waals surface area contributed by atoms with E-state index in [1.165, 1.54) is 12.1 Å². The molecule has 3 rings (SSSR count). The number of aromatic hydroxyl groups is 2. The summed E-state index contributed by atoms with van der Waals surface area (Å²) in [5, 5.41) is 23.8. The minimum Gasteiger partial charge on any atom is -0.508 e. The van der Waals surface area contributed by atoms with Crippen molar-refractivity contribution in [3.63, 3.8) is 0 Å². The molecule has 0 atom stereocenters. The van der Waals surface area contributed by atoms with Gasteiger partial charge in [0.25, 0.3) is 5.91 Å². The van der Waals surface area contributed by atoms with Gasteiger partial charge in [0.15, 0.2) is 0 Å². The zero-order valence-electron chi connectivity index (χ0n) is 12.4. The van der Waals surface area contributed by atoms with Gasteiger partial charge in [-0.3, -0.25) is 4.79 Å². The van der Waals surface area contributed by atoms with E-state index in [0.717, 1.165) is 28.2 Å². The number of carbonyl (C=O) groups excluding carboxylic acids is 1. The molecule has 2 aromatic carbocycles. The van der Waals surface area contributed by atoms with Gasteiger partial charge in [-0.2, -0.15) is 5.10 Å². The van der Waals surface area contributed by atoms with Crippen LogP contribution < -0.4 is 5.43 Å². The fraction of sp³-hybridized carbons (Fsp3) is 0.0588. The highest BCUT2D eigenvalue weighted by molar-refractivity contribution is 6.02. The predicted molar refractivity (Wildman–Crippen MR) is 87.9 cm³/mol. The highest BCUT2D eigenvalue weighted by Gasteiger charge is 2.11. The lowest BCUT2D eigenvalue weighted by atomic mass is 10.1. The monoisotopic (exact) mass is 309 g/mol. The van der Waals surface area contributed by atoms with E-state index in [9.17, 15) is 15.0 Å². The molecule has 6 heteroatoms. The molecular formula is C17H15N3O3. The van der Waals surface area contributed by atoms with Crippen LogP contribution in [0.4, 0.5) is 0 Å². The topological polar surface area (TPSA) is 97.7 Å². The first-order chi connectivity index (χ1) is 11.1. The first-order valence-electron chi connectivity index (χ1n) is 6.99. The van der Waals surface area contributed by atoms with E-state index in [2.05, 4.69) is 15.5 Å². The van der Waals surface area contributed by atoms with Crippen molar-refractivity contribution < 1.29 is 15.0 Å². The van der Waals surface area contributed by atoms with Crippen LogP contribution in [0.2, 0.25) is 0 Å². The Morgan fingerprint density at radius 2 is 2.00 bits per heavy atom. The van der Waals surface area contributed by atoms with Gasteiger partial charge in [0.2, 0.25) is 0 Å². The SMILES string of the molecule is Cc1[nH]c2ccccc2c1C=NNC(=O)c1ccc(O)cc1O. The summed E-state index contributed by atoms with van der Waals surface area (Å²) >= 11 is 0. The van der Waals surface area contributed by atoms with E-state index < -0.39 is 5.91 Å². The summed E-state index contributed by atoms with van der Waals surface area (Å²) in [6.45, 7) is 1.93. The molecule has 3 aromatic rings. The predicted octanol–water partition coefficient (Wildman–Crippen LogP) is 2.65. The molecule has 0 radical (unpaired) electrons. The fourth-order valence-corrected chi connectivity index (χ4v) is 2.39. The number of phenolic OH excluding ortho intramolecular Hbond substituents is 2. The third-order valence-corrected chi connectivity index (χ3v) is 3.53. The minimum atomic E-state index is -0.559. The number of benzene rings is 2. The van der Waals surface area contributed by atoms with Crippen LogP contribution in [0, 0.1) is 6.92 Å². The van der Waals surface area contributed by atoms with Crippen LogP contribution >= 0.6 is 0 Å². The summed E-state index contributed by atoms with van der Waals surface area (Å²) in [5.74, 6) is -0.978. The third-order valence-electron chi connectivity index (χ3n) is 3.53. The van der Waals surface area contributed by atoms with Crippen LogP contribution in [0.25, 0.3) is 10.9 Å². The number of nitrogens with zero attached hydrogens (tertiary/aromatic N) is 1. The zero-order valence-corrected chi connectivity index (χ0v) is 12.4. The summed E-state index contributed by atoms with van der Waals surface area (Å²) in [6, 6.07) is 11.5. The third kappa shape index (κ3) is 2.87. The number of nitrogens with one attached hydrogen (secondary N) is 2. The maximum absolute atomic E-state index is 12.0. The van der Waals surface area contributed by atoms with Crippen LogP contribution in [0.15, 0.2) is 47.6 Å². The molecule has 23 heavy (non-hydrogen) atoms. The number of para-hydroxylation sites is 1. The van der Waals surface area contributed by atoms with E-state index in [-0.39, 0.29) is 17.1 Å². The lowest BCUT2D eigenvalue weighted by Crippen LogP contribution is -2.17. The molecule has 0 saturated carbocycles. The molecule has 0 aliphatic rings. The van der Waals surface area contributed by atoms with E-state index >= 15 is 0 Å². The normalized spacial score (nSPS) is 11.2. The number of aromatic amines is 1. The number of phenols is 2. The number of hydrazone groups is 1. The van der Waals surface area contributed by atoms with E-state index in [1.807, 2.05) is 31.2 Å². The molecule has 116 valence electrons. The van der Waals surface area contributed by atoms with Gasteiger partial charge in [-0.05, 0) is 25.1 Å². The average molecular weight is 309 g/mol. The Morgan fingerprint density at radius 1 is 1.22 bits per heavy atom. The molecule has 0 unspecified atom stereocenters. The largest absolute Gasteiger partial charge is 0.508 e. The van der Waals surface area contributed by atoms with Crippen LogP contribution in [-0.4, -0.2) is 27.3 Å². The number of carbonyl (C=O) groups is 1. The molecular weight excluding hydrogens is 294 g/mol. The van der Waals surface area contributed by atoms with Crippen molar-refractivity contribution in [3.05, 3.63) is 59.3 Å². The number of H-pyrrole nitrogens is 1. The molecule has 4 N–H and O–H groups in total. The maximum atomic E-state index is 12.0. The van der Waals surface area contributed by atoms with Crippen LogP contribution in [0.1, 0.15) is 21.6 Å². The molecule has 0 bridgehead atoms. The lowest BCUT2D eigenvalue weighted by molar-refractivity contribution is 0.0952. The number of rotatable bonds is 3. The van der Waals surface area contributed by atoms with E-state index in [4.69, 9.17) is 0 Å². The highest BCUT2D eigenvalue weighted by atomic mass is 16.3. The van der Waals surface area contributed by atoms with Crippen molar-refractivity contribution in [2.24, 2.45) is 5.10 Å². The van der Waals surface area contributed by atoms with Gasteiger partial charge in [-0.15, -0.1) is 0 Å². The van der Waals surface area contributed by atoms with Crippen molar-refractivity contribution in [2.75, 3.05) is 0 Å². The first-order valence-corrected chi connectivity index (χ1v) is 6.99. The number of hydrogen-bond acceptors (Lipinski definition) is 4. The van der Waals surface area contributed by atoms with Crippen LogP contribution in [0.5, 0.6) is 11.5 Å². The Bertz CT molecular complexity index is 913. The maximum Gasteiger partial charge on any atom is 0.275 e. The molecule has 6 nitrogen and oxygen atoms in total. The zero-order chi connectivity index (χ0) is 16.4. The number of aryl methyl sites for hydroxylation is 1. The van der Waals surface area contributed by atoms with Crippen molar-refractivity contribution in [3.8, 4) is 11.5 Å². The Hall–Kier alpha value is -3.28. The Balaban J connectivity index is 1.80. The summed E-state index contributed by atoms with van der Waals surface area (Å²) in [4.78, 5) is 15.2. The first kappa shape index (κ1) is 14.6. The minimum absolute atomic E-state index is 0.0376. The number of aromatic nitrogens is 1. The van der Waals surface area contributed by atoms with Gasteiger partial charge in [0, 0.05) is 28.2 Å². The quantitative estimate of drug-likeness (QED) is 0.442. The smallest absolute Gasteiger partial charge is 0.275 e. The van der Waals surface area contributed by atoms with Gasteiger partial charge in [-0.1, -0.05) is 18.2 Å². The van der Waals surface area contributed by atoms with Gasteiger partial charge in [-0.25, -0.2) is 5.43 Å².